The number of rotatable bonds is 0. The van der Waals surface area contributed by atoms with Crippen molar-refractivity contribution >= 4 is 46.4 Å². The molecule has 0 aromatic carbocycles. The van der Waals surface area contributed by atoms with Crippen LogP contribution in [0.4, 0.5) is 0 Å². The fraction of sp³-hybridized carbons (Fsp3) is 0. The molecule has 124 valence electrons. The van der Waals surface area contributed by atoms with Gasteiger partial charge in [0.05, 0.1) is 22.8 Å². The molecule has 5 heterocycles. The fourth-order valence-electron chi connectivity index (χ4n) is 2.94. The topological polar surface area (TPSA) is 74.4 Å². The zero-order valence-corrected chi connectivity index (χ0v) is 15.3. The van der Waals surface area contributed by atoms with Crippen LogP contribution in [-0.2, 0) is 23.7 Å². The van der Waals surface area contributed by atoms with Gasteiger partial charge in [0, 0.05) is 22.1 Å². The average Bonchev–Trinajstić information content (AvgIpc) is 3.42. The number of aromatic amines is 2. The molecule has 5 nitrogen and oxygen atoms in total. The van der Waals surface area contributed by atoms with Crippen molar-refractivity contribution in [2.75, 3.05) is 0 Å². The maximum absolute atomic E-state index is 8.25. The van der Waals surface area contributed by atoms with E-state index in [9.17, 15) is 0 Å². The molecule has 2 aliphatic rings. The van der Waals surface area contributed by atoms with E-state index in [-0.39, 0.29) is 0 Å². The average molecular weight is 374 g/mol. The van der Waals surface area contributed by atoms with Crippen LogP contribution < -0.4 is 0 Å². The third kappa shape index (κ3) is 3.54. The number of aromatic nitrogens is 4. The Labute approximate surface area is 161 Å². The summed E-state index contributed by atoms with van der Waals surface area (Å²) >= 11 is 0.750. The van der Waals surface area contributed by atoms with Crippen LogP contribution in [0.3, 0.4) is 0 Å². The molecule has 0 spiro atoms. The van der Waals surface area contributed by atoms with Crippen molar-refractivity contribution in [3.05, 3.63) is 71.3 Å². The molecule has 3 aromatic rings. The van der Waals surface area contributed by atoms with Crippen molar-refractivity contribution in [1.82, 2.24) is 19.9 Å². The minimum absolute atomic E-state index is 0.750. The predicted octanol–water partition coefficient (Wildman–Crippen LogP) is 4.53. The molecule has 0 radical (unpaired) electrons. The molecule has 3 aromatic heterocycles. The number of fused-ring (bicyclic) bond motifs is 8. The molecule has 2 N–H and O–H groups in total. The van der Waals surface area contributed by atoms with Crippen molar-refractivity contribution < 1.29 is 23.7 Å². The van der Waals surface area contributed by atoms with Crippen LogP contribution in [0.15, 0.2) is 48.5 Å². The number of hydrogen-bond donors (Lipinski definition) is 2. The monoisotopic (exact) mass is 374 g/mol. The molecule has 0 aliphatic carbocycles. The van der Waals surface area contributed by atoms with Gasteiger partial charge < -0.3 is 9.97 Å². The number of nitrogens with zero attached hydrogens (tertiary/aromatic N) is 2. The molecule has 0 saturated heterocycles. The first kappa shape index (κ1) is 16.6. The van der Waals surface area contributed by atoms with Crippen molar-refractivity contribution in [3.8, 4) is 0 Å². The summed E-state index contributed by atoms with van der Waals surface area (Å²) in [6.45, 7) is 0. The second-order valence-electron chi connectivity index (χ2n) is 5.91. The Morgan fingerprint density at radius 3 is 1.31 bits per heavy atom. The van der Waals surface area contributed by atoms with Gasteiger partial charge in [0.2, 0.25) is 0 Å². The first-order valence-corrected chi connectivity index (χ1v) is 8.69. The van der Waals surface area contributed by atoms with Gasteiger partial charge in [-0.25, -0.2) is 9.97 Å². The van der Waals surface area contributed by atoms with Crippen LogP contribution in [0, 0.1) is 0 Å². The molecule has 26 heavy (non-hydrogen) atoms. The van der Waals surface area contributed by atoms with Crippen LogP contribution >= 0.6 is 0 Å². The van der Waals surface area contributed by atoms with Gasteiger partial charge in [0.15, 0.2) is 0 Å². The van der Waals surface area contributed by atoms with Gasteiger partial charge in [0.1, 0.15) is 0 Å². The SMILES string of the molecule is C1=Cc2cc3ccc(cc4ccc(cc5nc(cc1n2)C=C5)[nH]4)[nH]3.[O]=[Ti]. The van der Waals surface area contributed by atoms with Gasteiger partial charge in [0.25, 0.3) is 0 Å². The van der Waals surface area contributed by atoms with Gasteiger partial charge in [-0.1, -0.05) is 0 Å². The van der Waals surface area contributed by atoms with Crippen molar-refractivity contribution in [1.29, 1.82) is 0 Å². The van der Waals surface area contributed by atoms with Gasteiger partial charge in [-0.3, -0.25) is 0 Å². The van der Waals surface area contributed by atoms with Crippen molar-refractivity contribution in [2.45, 2.75) is 0 Å². The predicted molar refractivity (Wildman–Crippen MR) is 99.5 cm³/mol. The normalized spacial score (nSPS) is 11.8. The summed E-state index contributed by atoms with van der Waals surface area (Å²) in [5.74, 6) is 0. The number of H-pyrrole nitrogens is 2. The van der Waals surface area contributed by atoms with E-state index >= 15 is 0 Å². The van der Waals surface area contributed by atoms with Crippen LogP contribution in [0.2, 0.25) is 0 Å². The zero-order valence-electron chi connectivity index (χ0n) is 13.7. The van der Waals surface area contributed by atoms with Gasteiger partial charge in [-0.05, 0) is 72.8 Å². The third-order valence-corrected chi connectivity index (χ3v) is 4.04. The molecule has 0 fully saturated rings. The molecule has 0 saturated carbocycles. The maximum atomic E-state index is 8.25. The number of nitrogens with one attached hydrogen (secondary N) is 2. The summed E-state index contributed by atoms with van der Waals surface area (Å²) in [7, 11) is 0. The summed E-state index contributed by atoms with van der Waals surface area (Å²) in [5.41, 5.74) is 7.86. The first-order valence-electron chi connectivity index (χ1n) is 8.05. The van der Waals surface area contributed by atoms with Gasteiger partial charge in [-0.15, -0.1) is 0 Å². The quantitative estimate of drug-likeness (QED) is 0.391. The first-order chi connectivity index (χ1) is 12.8. The molecule has 6 heteroatoms. The Hall–Kier alpha value is -2.89. The number of hydrogen-bond acceptors (Lipinski definition) is 3. The Kier molecular flexibility index (Phi) is 4.56. The van der Waals surface area contributed by atoms with Crippen LogP contribution in [0.25, 0.3) is 46.4 Å². The summed E-state index contributed by atoms with van der Waals surface area (Å²) in [4.78, 5) is 16.0. The minimum atomic E-state index is 0.750. The molecular formula is C20H14N4OTi. The fourth-order valence-corrected chi connectivity index (χ4v) is 2.94. The summed E-state index contributed by atoms with van der Waals surface area (Å²) < 4.78 is 8.25. The van der Waals surface area contributed by atoms with Crippen molar-refractivity contribution in [2.24, 2.45) is 0 Å². The summed E-state index contributed by atoms with van der Waals surface area (Å²) in [5, 5.41) is 0. The summed E-state index contributed by atoms with van der Waals surface area (Å²) in [6.07, 6.45) is 8.05. The second-order valence-corrected chi connectivity index (χ2v) is 5.91. The van der Waals surface area contributed by atoms with Crippen LogP contribution in [0.5, 0.6) is 0 Å². The third-order valence-electron chi connectivity index (χ3n) is 4.04. The molecule has 0 amide bonds. The van der Waals surface area contributed by atoms with E-state index in [0.717, 1.165) is 65.2 Å². The second kappa shape index (κ2) is 7.16. The molecule has 5 rings (SSSR count). The van der Waals surface area contributed by atoms with E-state index in [1.807, 2.05) is 42.5 Å². The molecular weight excluding hydrogens is 360 g/mol. The van der Waals surface area contributed by atoms with E-state index in [4.69, 9.17) is 3.32 Å². The zero-order chi connectivity index (χ0) is 17.9. The van der Waals surface area contributed by atoms with Crippen LogP contribution in [0.1, 0.15) is 22.8 Å². The molecule has 8 bridgehead atoms. The Bertz CT molecular complexity index is 1100. The van der Waals surface area contributed by atoms with E-state index in [2.05, 4.69) is 50.3 Å². The molecule has 0 atom stereocenters. The van der Waals surface area contributed by atoms with Gasteiger partial charge >= 0.3 is 23.7 Å². The molecule has 2 aliphatic heterocycles. The van der Waals surface area contributed by atoms with E-state index < -0.39 is 0 Å². The van der Waals surface area contributed by atoms with E-state index in [1.165, 1.54) is 0 Å². The molecule has 0 unspecified atom stereocenters. The standard InChI is InChI=1S/C20H14N4.O.Ti/c1-2-14-10-16-5-6-18(23-16)12-20-8-7-19(24-20)11-17-4-3-15(22-17)9-13(1)21-14;;/h1-12,21-22H;;. The van der Waals surface area contributed by atoms with Crippen LogP contribution in [-0.4, -0.2) is 19.9 Å². The van der Waals surface area contributed by atoms with E-state index in [1.54, 1.807) is 0 Å². The summed E-state index contributed by atoms with van der Waals surface area (Å²) in [6, 6.07) is 16.4. The van der Waals surface area contributed by atoms with Crippen molar-refractivity contribution in [3.63, 3.8) is 0 Å². The Morgan fingerprint density at radius 2 is 0.885 bits per heavy atom. The van der Waals surface area contributed by atoms with E-state index in [0.29, 0.717) is 0 Å². The Morgan fingerprint density at radius 1 is 0.538 bits per heavy atom. The Balaban J connectivity index is 0.000000814. The van der Waals surface area contributed by atoms with Gasteiger partial charge in [-0.2, -0.15) is 0 Å².